The number of carbonyl (C=O) groups excluding carboxylic acids is 3. The Morgan fingerprint density at radius 1 is 0.927 bits per heavy atom. The Morgan fingerprint density at radius 3 is 2.15 bits per heavy atom. The first kappa shape index (κ1) is 29.4. The van der Waals surface area contributed by atoms with Crippen LogP contribution in [0.5, 0.6) is 5.75 Å². The number of benzene rings is 2. The number of ether oxygens (including phenoxy) is 2. The van der Waals surface area contributed by atoms with Gasteiger partial charge < -0.3 is 25.0 Å². The number of nitrogens with one attached hydrogen (secondary N) is 2. The van der Waals surface area contributed by atoms with E-state index in [4.69, 9.17) is 9.47 Å². The summed E-state index contributed by atoms with van der Waals surface area (Å²) in [6.07, 6.45) is -2.82. The molecule has 0 saturated carbocycles. The van der Waals surface area contributed by atoms with Crippen molar-refractivity contribution in [1.29, 1.82) is 0 Å². The van der Waals surface area contributed by atoms with Gasteiger partial charge in [0.2, 0.25) is 0 Å². The van der Waals surface area contributed by atoms with Crippen LogP contribution in [0.1, 0.15) is 35.7 Å². The third-order valence-electron chi connectivity index (χ3n) is 6.43. The standard InChI is InChI=1S/C29H29F3N4O5/c1-2-40-24-10-8-23(9-11-24)35-27(38)19-3-6-22(7-4-19)34-26(37)18-41-28(39)20-13-15-36(16-14-20)25-12-5-21(17-33-25)29(30,31)32/h3-12,17,20H,2,13-16,18H2,1H3,(H,34,37)(H,35,38). The smallest absolute Gasteiger partial charge is 0.417 e. The van der Waals surface area contributed by atoms with Crippen molar-refractivity contribution in [3.8, 4) is 5.75 Å². The lowest BCUT2D eigenvalue weighted by Crippen LogP contribution is -2.38. The zero-order chi connectivity index (χ0) is 29.4. The molecule has 1 fully saturated rings. The molecule has 0 atom stereocenters. The molecule has 0 radical (unpaired) electrons. The van der Waals surface area contributed by atoms with Crippen LogP contribution in [0, 0.1) is 5.92 Å². The maximum atomic E-state index is 12.7. The van der Waals surface area contributed by atoms with E-state index < -0.39 is 36.1 Å². The third kappa shape index (κ3) is 8.19. The minimum atomic E-state index is -4.45. The van der Waals surface area contributed by atoms with Gasteiger partial charge in [0.25, 0.3) is 11.8 Å². The van der Waals surface area contributed by atoms with Crippen LogP contribution in [-0.4, -0.2) is 49.1 Å². The summed E-state index contributed by atoms with van der Waals surface area (Å²) >= 11 is 0. The van der Waals surface area contributed by atoms with E-state index in [0.29, 0.717) is 61.0 Å². The summed E-state index contributed by atoms with van der Waals surface area (Å²) < 4.78 is 48.8. The number of rotatable bonds is 9. The minimum absolute atomic E-state index is 0.318. The second-order valence-electron chi connectivity index (χ2n) is 9.31. The van der Waals surface area contributed by atoms with Gasteiger partial charge in [0.15, 0.2) is 6.61 Å². The fraction of sp³-hybridized carbons (Fsp3) is 0.310. The largest absolute Gasteiger partial charge is 0.494 e. The summed E-state index contributed by atoms with van der Waals surface area (Å²) in [6.45, 7) is 2.80. The van der Waals surface area contributed by atoms with Crippen LogP contribution in [-0.2, 0) is 20.5 Å². The summed E-state index contributed by atoms with van der Waals surface area (Å²) in [6, 6.07) is 15.5. The maximum Gasteiger partial charge on any atom is 0.417 e. The van der Waals surface area contributed by atoms with Crippen LogP contribution in [0.2, 0.25) is 0 Å². The highest BCUT2D eigenvalue weighted by Crippen LogP contribution is 2.30. The van der Waals surface area contributed by atoms with E-state index in [-0.39, 0.29) is 5.91 Å². The number of halogens is 3. The molecule has 0 spiro atoms. The maximum absolute atomic E-state index is 12.7. The molecule has 2 amide bonds. The quantitative estimate of drug-likeness (QED) is 0.343. The van der Waals surface area contributed by atoms with Gasteiger partial charge in [-0.1, -0.05) is 0 Å². The van der Waals surface area contributed by atoms with Gasteiger partial charge in [-0.05, 0) is 80.4 Å². The Labute approximate surface area is 234 Å². The Hall–Kier alpha value is -4.61. The van der Waals surface area contributed by atoms with Gasteiger partial charge in [-0.25, -0.2) is 4.98 Å². The molecular weight excluding hydrogens is 541 g/mol. The van der Waals surface area contributed by atoms with E-state index in [1.807, 2.05) is 6.92 Å². The van der Waals surface area contributed by atoms with Crippen LogP contribution in [0.4, 0.5) is 30.4 Å². The number of nitrogens with zero attached hydrogens (tertiary/aromatic N) is 2. The first-order chi connectivity index (χ1) is 19.6. The van der Waals surface area contributed by atoms with Crippen LogP contribution >= 0.6 is 0 Å². The molecule has 9 nitrogen and oxygen atoms in total. The van der Waals surface area contributed by atoms with E-state index in [2.05, 4.69) is 15.6 Å². The van der Waals surface area contributed by atoms with Crippen molar-refractivity contribution in [1.82, 2.24) is 4.98 Å². The van der Waals surface area contributed by atoms with Crippen molar-refractivity contribution in [2.24, 2.45) is 5.92 Å². The molecule has 41 heavy (non-hydrogen) atoms. The van der Waals surface area contributed by atoms with Crippen molar-refractivity contribution in [3.63, 3.8) is 0 Å². The lowest BCUT2D eigenvalue weighted by molar-refractivity contribution is -0.152. The first-order valence-electron chi connectivity index (χ1n) is 13.0. The van der Waals surface area contributed by atoms with Gasteiger partial charge in [0, 0.05) is 36.2 Å². The average molecular weight is 571 g/mol. The number of piperidine rings is 1. The van der Waals surface area contributed by atoms with Gasteiger partial charge in [0.05, 0.1) is 18.1 Å². The zero-order valence-electron chi connectivity index (χ0n) is 22.2. The van der Waals surface area contributed by atoms with E-state index in [0.717, 1.165) is 12.3 Å². The molecule has 0 unspecified atom stereocenters. The van der Waals surface area contributed by atoms with Crippen LogP contribution in [0.3, 0.4) is 0 Å². The molecule has 4 rings (SSSR count). The number of hydrogen-bond donors (Lipinski definition) is 2. The van der Waals surface area contributed by atoms with E-state index in [1.165, 1.54) is 6.07 Å². The number of esters is 1. The van der Waals surface area contributed by atoms with E-state index in [9.17, 15) is 27.6 Å². The van der Waals surface area contributed by atoms with Gasteiger partial charge in [-0.3, -0.25) is 14.4 Å². The molecule has 1 aliphatic rings. The highest BCUT2D eigenvalue weighted by atomic mass is 19.4. The molecule has 1 saturated heterocycles. The summed E-state index contributed by atoms with van der Waals surface area (Å²) in [5.74, 6) is -0.680. The Bertz CT molecular complexity index is 1340. The second-order valence-corrected chi connectivity index (χ2v) is 9.31. The minimum Gasteiger partial charge on any atom is -0.494 e. The molecule has 0 aliphatic carbocycles. The van der Waals surface area contributed by atoms with Crippen molar-refractivity contribution < 1.29 is 37.0 Å². The topological polar surface area (TPSA) is 110 Å². The first-order valence-corrected chi connectivity index (χ1v) is 13.0. The molecule has 3 aromatic rings. The molecule has 2 aromatic carbocycles. The molecule has 2 heterocycles. The number of anilines is 3. The van der Waals surface area contributed by atoms with Crippen LogP contribution < -0.4 is 20.3 Å². The van der Waals surface area contributed by atoms with E-state index in [1.54, 1.807) is 53.4 Å². The Kier molecular flexibility index (Phi) is 9.43. The van der Waals surface area contributed by atoms with E-state index >= 15 is 0 Å². The van der Waals surface area contributed by atoms with Crippen molar-refractivity contribution in [2.75, 3.05) is 41.8 Å². The lowest BCUT2D eigenvalue weighted by atomic mass is 9.97. The van der Waals surface area contributed by atoms with Gasteiger partial charge in [-0.15, -0.1) is 0 Å². The second kappa shape index (κ2) is 13.2. The summed E-state index contributed by atoms with van der Waals surface area (Å²) in [5, 5.41) is 5.40. The number of amides is 2. The monoisotopic (exact) mass is 570 g/mol. The summed E-state index contributed by atoms with van der Waals surface area (Å²) in [7, 11) is 0. The number of aromatic nitrogens is 1. The van der Waals surface area contributed by atoms with Gasteiger partial charge >= 0.3 is 12.1 Å². The van der Waals surface area contributed by atoms with Crippen molar-refractivity contribution in [2.45, 2.75) is 25.9 Å². The van der Waals surface area contributed by atoms with Crippen LogP contribution in [0.25, 0.3) is 0 Å². The number of carbonyl (C=O) groups is 3. The number of hydrogen-bond acceptors (Lipinski definition) is 7. The molecule has 216 valence electrons. The number of alkyl halides is 3. The number of pyridine rings is 1. The fourth-order valence-electron chi connectivity index (χ4n) is 4.25. The Balaban J connectivity index is 1.18. The SMILES string of the molecule is CCOc1ccc(NC(=O)c2ccc(NC(=O)COC(=O)C3CCN(c4ccc(C(F)(F)F)cn4)CC3)cc2)cc1. The molecule has 1 aliphatic heterocycles. The molecule has 2 N–H and O–H groups in total. The molecule has 0 bridgehead atoms. The summed E-state index contributed by atoms with van der Waals surface area (Å²) in [4.78, 5) is 43.0. The molecular formula is C29H29F3N4O5. The highest BCUT2D eigenvalue weighted by molar-refractivity contribution is 6.04. The normalized spacial score (nSPS) is 13.8. The van der Waals surface area contributed by atoms with Crippen molar-refractivity contribution >= 4 is 35.0 Å². The third-order valence-corrected chi connectivity index (χ3v) is 6.43. The lowest BCUT2D eigenvalue weighted by Gasteiger charge is -2.31. The predicted octanol–water partition coefficient (Wildman–Crippen LogP) is 5.15. The predicted molar refractivity (Wildman–Crippen MR) is 146 cm³/mol. The van der Waals surface area contributed by atoms with Crippen LogP contribution in [0.15, 0.2) is 66.9 Å². The van der Waals surface area contributed by atoms with Crippen molar-refractivity contribution in [3.05, 3.63) is 78.0 Å². The molecule has 1 aromatic heterocycles. The average Bonchev–Trinajstić information content (AvgIpc) is 2.97. The highest BCUT2D eigenvalue weighted by Gasteiger charge is 2.32. The summed E-state index contributed by atoms with van der Waals surface area (Å²) in [5.41, 5.74) is 0.612. The van der Waals surface area contributed by atoms with Gasteiger partial charge in [-0.2, -0.15) is 13.2 Å². The fourth-order valence-corrected chi connectivity index (χ4v) is 4.25. The zero-order valence-corrected chi connectivity index (χ0v) is 22.2. The van der Waals surface area contributed by atoms with Gasteiger partial charge in [0.1, 0.15) is 11.6 Å². The molecule has 12 heteroatoms. The Morgan fingerprint density at radius 2 is 1.56 bits per heavy atom.